The topological polar surface area (TPSA) is 110 Å². The number of aromatic nitrogens is 3. The fourth-order valence-corrected chi connectivity index (χ4v) is 3.04. The Labute approximate surface area is 192 Å². The van der Waals surface area contributed by atoms with E-state index in [2.05, 4.69) is 48.0 Å². The molecule has 7 heteroatoms. The Bertz CT molecular complexity index is 993. The number of allylic oxidation sites excluding steroid dienone is 7. The van der Waals surface area contributed by atoms with E-state index in [0.717, 1.165) is 24.0 Å². The van der Waals surface area contributed by atoms with Crippen molar-refractivity contribution in [3.05, 3.63) is 66.6 Å². The second-order valence-electron chi connectivity index (χ2n) is 7.42. The summed E-state index contributed by atoms with van der Waals surface area (Å²) < 4.78 is 1.66. The Morgan fingerprint density at radius 3 is 2.69 bits per heavy atom. The van der Waals surface area contributed by atoms with Gasteiger partial charge in [-0.05, 0) is 24.8 Å². The van der Waals surface area contributed by atoms with Crippen molar-refractivity contribution in [2.24, 2.45) is 16.6 Å². The molecule has 0 saturated heterocycles. The van der Waals surface area contributed by atoms with Crippen molar-refractivity contribution in [3.8, 4) is 6.07 Å². The van der Waals surface area contributed by atoms with Crippen LogP contribution >= 0.6 is 0 Å². The van der Waals surface area contributed by atoms with Crippen LogP contribution in [0.2, 0.25) is 0 Å². The van der Waals surface area contributed by atoms with Crippen LogP contribution < -0.4 is 5.73 Å². The zero-order valence-corrected chi connectivity index (χ0v) is 19.6. The van der Waals surface area contributed by atoms with Crippen molar-refractivity contribution < 1.29 is 6.22 Å². The van der Waals surface area contributed by atoms with Gasteiger partial charge in [-0.25, -0.2) is 9.67 Å². The number of nitrogens with two attached hydrogens (primary N) is 1. The van der Waals surface area contributed by atoms with E-state index >= 15 is 0 Å². The van der Waals surface area contributed by atoms with Gasteiger partial charge in [0.25, 0.3) is 0 Å². The van der Waals surface area contributed by atoms with Gasteiger partial charge < -0.3 is 5.73 Å². The van der Waals surface area contributed by atoms with Crippen molar-refractivity contribution in [2.75, 3.05) is 0 Å². The zero-order chi connectivity index (χ0) is 24.3. The van der Waals surface area contributed by atoms with Crippen LogP contribution in [0.1, 0.15) is 60.1 Å². The smallest absolute Gasteiger partial charge is 0.175 e. The van der Waals surface area contributed by atoms with Gasteiger partial charge in [0.05, 0.1) is 17.8 Å². The summed E-state index contributed by atoms with van der Waals surface area (Å²) in [6.07, 6.45) is 10.5. The molecule has 2 heterocycles. The molecule has 0 bridgehead atoms. The predicted octanol–water partition coefficient (Wildman–Crippen LogP) is 5.34. The van der Waals surface area contributed by atoms with Crippen LogP contribution in [0.3, 0.4) is 0 Å². The summed E-state index contributed by atoms with van der Waals surface area (Å²) in [6, 6.07) is 2.05. The highest BCUT2D eigenvalue weighted by atomic mass is 16.1. The van der Waals surface area contributed by atoms with E-state index in [9.17, 15) is 4.79 Å². The summed E-state index contributed by atoms with van der Waals surface area (Å²) >= 11 is 0. The lowest BCUT2D eigenvalue weighted by atomic mass is 9.94. The van der Waals surface area contributed by atoms with E-state index in [0.29, 0.717) is 41.7 Å². The predicted molar refractivity (Wildman–Crippen MR) is 133 cm³/mol. The normalized spacial score (nSPS) is 21.8. The average Bonchev–Trinajstić information content (AvgIpc) is 3.17. The first-order chi connectivity index (χ1) is 15.3. The number of fused-ring (bicyclic) bond motifs is 1. The molecule has 1 aromatic heterocycles. The minimum Gasteiger partial charge on any atom is -0.402 e. The summed E-state index contributed by atoms with van der Waals surface area (Å²) in [5.41, 5.74) is 9.07. The Kier molecular flexibility index (Phi) is 10.8. The number of carbonyl (C=O) groups excluding carboxylic acids is 1. The summed E-state index contributed by atoms with van der Waals surface area (Å²) in [7, 11) is 0. The van der Waals surface area contributed by atoms with Crippen LogP contribution in [0, 0.1) is 17.2 Å². The molecule has 3 rings (SSSR count). The van der Waals surface area contributed by atoms with Crippen LogP contribution in [-0.4, -0.2) is 26.5 Å². The lowest BCUT2D eigenvalue weighted by Gasteiger charge is -2.19. The molecule has 2 aliphatic rings. The highest BCUT2D eigenvalue weighted by molar-refractivity contribution is 6.39. The molecule has 0 radical (unpaired) electrons. The average molecular weight is 437 g/mol. The number of rotatable bonds is 4. The van der Waals surface area contributed by atoms with Crippen molar-refractivity contribution in [1.82, 2.24) is 15.0 Å². The highest BCUT2D eigenvalue weighted by Gasteiger charge is 2.26. The lowest BCUT2D eigenvalue weighted by molar-refractivity contribution is -0.111. The lowest BCUT2D eigenvalue weighted by Crippen LogP contribution is -2.22. The first kappa shape index (κ1) is 26.5. The first-order valence-corrected chi connectivity index (χ1v) is 10.8. The van der Waals surface area contributed by atoms with Gasteiger partial charge in [-0.3, -0.25) is 4.79 Å². The Morgan fingerprint density at radius 2 is 2.12 bits per heavy atom. The van der Waals surface area contributed by atoms with Gasteiger partial charge in [-0.2, -0.15) is 5.26 Å². The molecule has 1 aromatic rings. The molecule has 0 amide bonds. The van der Waals surface area contributed by atoms with E-state index < -0.39 is 0 Å². The van der Waals surface area contributed by atoms with Crippen LogP contribution in [0.15, 0.2) is 65.9 Å². The number of nitrogens with zero attached hydrogens (tertiary/aromatic N) is 5. The molecular formula is C25H36N6O. The van der Waals surface area contributed by atoms with Crippen LogP contribution in [-0.2, 0) is 11.2 Å². The maximum atomic E-state index is 11.5. The van der Waals surface area contributed by atoms with E-state index in [1.807, 2.05) is 32.1 Å². The fourth-order valence-electron chi connectivity index (χ4n) is 3.04. The van der Waals surface area contributed by atoms with E-state index in [1.54, 1.807) is 10.8 Å². The summed E-state index contributed by atoms with van der Waals surface area (Å²) in [4.78, 5) is 15.8. The minimum atomic E-state index is -0.0938. The number of aliphatic imine (C=N–C) groups is 1. The molecule has 0 fully saturated rings. The van der Waals surface area contributed by atoms with E-state index in [1.165, 1.54) is 6.92 Å². The van der Waals surface area contributed by atoms with Gasteiger partial charge >= 0.3 is 0 Å². The molecule has 0 aromatic carbocycles. The number of nitriles is 1. The number of carbonyl (C=O) groups is 1. The number of ketones is 1. The first-order valence-electron chi connectivity index (χ1n) is 10.8. The molecule has 1 aliphatic carbocycles. The largest absolute Gasteiger partial charge is 0.402 e. The van der Waals surface area contributed by atoms with Crippen LogP contribution in [0.4, 0.5) is 5.82 Å². The highest BCUT2D eigenvalue weighted by Crippen LogP contribution is 2.30. The van der Waals surface area contributed by atoms with Gasteiger partial charge in [0.15, 0.2) is 11.6 Å². The Hall–Kier alpha value is -3.53. The molecule has 2 N–H and O–H groups in total. The number of hydrogen-bond donors (Lipinski definition) is 1. The molecule has 32 heavy (non-hydrogen) atoms. The van der Waals surface area contributed by atoms with Crippen molar-refractivity contribution >= 4 is 17.3 Å². The summed E-state index contributed by atoms with van der Waals surface area (Å²) in [6.45, 7) is 19.0. The zero-order valence-electron chi connectivity index (χ0n) is 19.6. The molecular weight excluding hydrogens is 400 g/mol. The molecule has 1 aliphatic heterocycles. The van der Waals surface area contributed by atoms with Crippen molar-refractivity contribution in [3.63, 3.8) is 0 Å². The molecule has 0 spiro atoms. The van der Waals surface area contributed by atoms with Crippen LogP contribution in [0.25, 0.3) is 0 Å². The van der Waals surface area contributed by atoms with Gasteiger partial charge in [0.1, 0.15) is 5.69 Å². The number of hydrogen-bond acceptors (Lipinski definition) is 6. The standard InChI is InChI=1S/C12H15N5O.C11H13N.C2H6.H2/c1-4-9-6-10(8(3)18)14-12-11(5-7(2)13)15-16-17(9)12;1-9-4-3-5-11(8-12)7-6-10(9)2;1-2;/h4,9H,1-2,5-6,13H2,3H3;5-7,9H,2-4H2,1H3;1-2H3;1H/b;7-6-,11-5+;;/t;9-;;/m.0../s1. The molecule has 172 valence electrons. The molecule has 0 saturated carbocycles. The molecule has 2 atom stereocenters. The third kappa shape index (κ3) is 7.31. The summed E-state index contributed by atoms with van der Waals surface area (Å²) in [5, 5.41) is 16.7. The van der Waals surface area contributed by atoms with Gasteiger partial charge in [-0.15, -0.1) is 11.7 Å². The maximum Gasteiger partial charge on any atom is 0.175 e. The maximum absolute atomic E-state index is 11.5. The SMILES string of the molecule is C=C1/C=C\C(C#N)=C/CC[C@@H]1C.C=CC1CC(C(C)=O)=Nc2c(CC(=C)N)nnn21.CC.[HH]. The second-order valence-corrected chi connectivity index (χ2v) is 7.42. The third-order valence-corrected chi connectivity index (χ3v) is 4.97. The number of Topliss-reactive ketones (excluding diaryl/α,β-unsaturated/α-hetero) is 1. The Morgan fingerprint density at radius 1 is 1.44 bits per heavy atom. The quantitative estimate of drug-likeness (QED) is 0.641. The molecule has 7 nitrogen and oxygen atoms in total. The van der Waals surface area contributed by atoms with E-state index in [-0.39, 0.29) is 13.3 Å². The minimum absolute atomic E-state index is 0. The van der Waals surface area contributed by atoms with Crippen molar-refractivity contribution in [1.29, 1.82) is 5.26 Å². The van der Waals surface area contributed by atoms with Gasteiger partial charge in [-0.1, -0.05) is 62.9 Å². The monoisotopic (exact) mass is 436 g/mol. The van der Waals surface area contributed by atoms with Crippen LogP contribution in [0.5, 0.6) is 0 Å². The second kappa shape index (κ2) is 13.0. The van der Waals surface area contributed by atoms with Gasteiger partial charge in [0.2, 0.25) is 0 Å². The van der Waals surface area contributed by atoms with Gasteiger partial charge in [0, 0.05) is 32.5 Å². The summed E-state index contributed by atoms with van der Waals surface area (Å²) in [5.74, 6) is 1.06. The fraction of sp³-hybridized carbons (Fsp3) is 0.400. The third-order valence-electron chi connectivity index (χ3n) is 4.97. The Balaban J connectivity index is 0.000000599. The molecule has 1 unspecified atom stereocenters. The van der Waals surface area contributed by atoms with E-state index in [4.69, 9.17) is 11.0 Å². The van der Waals surface area contributed by atoms with Crippen molar-refractivity contribution in [2.45, 2.75) is 59.4 Å².